The summed E-state index contributed by atoms with van der Waals surface area (Å²) in [6.45, 7) is 2.47. The predicted molar refractivity (Wildman–Crippen MR) is 56.4 cm³/mol. The first-order chi connectivity index (χ1) is 6.63. The molecule has 4 heteroatoms. The Bertz CT molecular complexity index is 306. The monoisotopic (exact) mass is 217 g/mol. The summed E-state index contributed by atoms with van der Waals surface area (Å²) < 4.78 is 18.2. The van der Waals surface area contributed by atoms with E-state index in [1.807, 2.05) is 6.92 Å². The van der Waals surface area contributed by atoms with Gasteiger partial charge in [-0.05, 0) is 25.1 Å². The molecule has 0 aliphatic carbocycles. The van der Waals surface area contributed by atoms with Crippen LogP contribution in [-0.2, 0) is 4.74 Å². The Balaban J connectivity index is 2.59. The highest BCUT2D eigenvalue weighted by molar-refractivity contribution is 6.30. The fourth-order valence-electron chi connectivity index (χ4n) is 0.970. The molecule has 0 bridgehead atoms. The number of halogens is 2. The van der Waals surface area contributed by atoms with Crippen molar-refractivity contribution in [1.82, 2.24) is 0 Å². The van der Waals surface area contributed by atoms with Gasteiger partial charge in [-0.3, -0.25) is 0 Å². The van der Waals surface area contributed by atoms with Gasteiger partial charge in [0, 0.05) is 18.7 Å². The van der Waals surface area contributed by atoms with Crippen LogP contribution in [0.25, 0.3) is 0 Å². The highest BCUT2D eigenvalue weighted by atomic mass is 35.5. The lowest BCUT2D eigenvalue weighted by molar-refractivity contribution is 0.128. The molecular formula is C10H13ClFNO. The van der Waals surface area contributed by atoms with E-state index in [0.29, 0.717) is 17.3 Å². The maximum absolute atomic E-state index is 13.2. The van der Waals surface area contributed by atoms with E-state index in [1.54, 1.807) is 19.2 Å². The van der Waals surface area contributed by atoms with Crippen LogP contribution in [0, 0.1) is 5.82 Å². The highest BCUT2D eigenvalue weighted by Gasteiger charge is 2.04. The molecule has 1 unspecified atom stereocenters. The minimum atomic E-state index is -0.346. The average molecular weight is 218 g/mol. The smallest absolute Gasteiger partial charge is 0.147 e. The summed E-state index contributed by atoms with van der Waals surface area (Å²) >= 11 is 5.61. The second-order valence-electron chi connectivity index (χ2n) is 3.05. The van der Waals surface area contributed by atoms with Gasteiger partial charge < -0.3 is 10.1 Å². The number of nitrogens with one attached hydrogen (secondary N) is 1. The minimum Gasteiger partial charge on any atom is -0.380 e. The second-order valence-corrected chi connectivity index (χ2v) is 3.49. The molecule has 0 fully saturated rings. The average Bonchev–Trinajstić information content (AvgIpc) is 2.16. The topological polar surface area (TPSA) is 21.3 Å². The van der Waals surface area contributed by atoms with E-state index in [9.17, 15) is 4.39 Å². The van der Waals surface area contributed by atoms with Crippen LogP contribution in [0.15, 0.2) is 18.2 Å². The van der Waals surface area contributed by atoms with E-state index in [4.69, 9.17) is 16.3 Å². The Morgan fingerprint density at radius 3 is 2.86 bits per heavy atom. The summed E-state index contributed by atoms with van der Waals surface area (Å²) in [6.07, 6.45) is 0.0464. The lowest BCUT2D eigenvalue weighted by Crippen LogP contribution is -2.18. The number of ether oxygens (including phenoxy) is 1. The first-order valence-corrected chi connectivity index (χ1v) is 4.73. The third-order valence-electron chi connectivity index (χ3n) is 1.91. The molecule has 1 atom stereocenters. The zero-order chi connectivity index (χ0) is 10.6. The van der Waals surface area contributed by atoms with Gasteiger partial charge in [-0.2, -0.15) is 0 Å². The zero-order valence-corrected chi connectivity index (χ0v) is 8.94. The molecule has 2 nitrogen and oxygen atoms in total. The molecule has 0 amide bonds. The number of hydrogen-bond donors (Lipinski definition) is 1. The summed E-state index contributed by atoms with van der Waals surface area (Å²) in [7, 11) is 1.62. The summed E-state index contributed by atoms with van der Waals surface area (Å²) in [5, 5.41) is 3.33. The molecule has 14 heavy (non-hydrogen) atoms. The molecule has 1 aromatic carbocycles. The van der Waals surface area contributed by atoms with Gasteiger partial charge in [0.25, 0.3) is 0 Å². The quantitative estimate of drug-likeness (QED) is 0.838. The van der Waals surface area contributed by atoms with Crippen molar-refractivity contribution < 1.29 is 9.13 Å². The van der Waals surface area contributed by atoms with E-state index in [2.05, 4.69) is 5.32 Å². The molecule has 0 spiro atoms. The van der Waals surface area contributed by atoms with Crippen molar-refractivity contribution in [2.24, 2.45) is 0 Å². The number of methoxy groups -OCH3 is 1. The Morgan fingerprint density at radius 1 is 1.57 bits per heavy atom. The number of anilines is 1. The van der Waals surface area contributed by atoms with Crippen LogP contribution in [-0.4, -0.2) is 19.8 Å². The fourth-order valence-corrected chi connectivity index (χ4v) is 1.13. The largest absolute Gasteiger partial charge is 0.380 e. The Labute approximate surface area is 88.0 Å². The summed E-state index contributed by atoms with van der Waals surface area (Å²) in [6, 6.07) is 4.53. The SMILES string of the molecule is COC(C)CNc1ccc(Cl)cc1F. The van der Waals surface area contributed by atoms with Crippen LogP contribution in [0.1, 0.15) is 6.92 Å². The van der Waals surface area contributed by atoms with Crippen LogP contribution < -0.4 is 5.32 Å². The minimum absolute atomic E-state index is 0.0464. The Kier molecular flexibility index (Phi) is 4.17. The van der Waals surface area contributed by atoms with Crippen molar-refractivity contribution in [3.63, 3.8) is 0 Å². The van der Waals surface area contributed by atoms with Gasteiger partial charge in [0.15, 0.2) is 0 Å². The molecule has 1 rings (SSSR count). The van der Waals surface area contributed by atoms with Gasteiger partial charge in [0.2, 0.25) is 0 Å². The lowest BCUT2D eigenvalue weighted by Gasteiger charge is -2.12. The van der Waals surface area contributed by atoms with Crippen LogP contribution in [0.2, 0.25) is 5.02 Å². The van der Waals surface area contributed by atoms with Gasteiger partial charge in [0.05, 0.1) is 11.8 Å². The van der Waals surface area contributed by atoms with Crippen molar-refractivity contribution in [1.29, 1.82) is 0 Å². The van der Waals surface area contributed by atoms with E-state index in [0.717, 1.165) is 0 Å². The summed E-state index contributed by atoms with van der Waals surface area (Å²) in [5.41, 5.74) is 0.443. The van der Waals surface area contributed by atoms with Crippen LogP contribution >= 0.6 is 11.6 Å². The van der Waals surface area contributed by atoms with Crippen molar-refractivity contribution in [3.05, 3.63) is 29.0 Å². The van der Waals surface area contributed by atoms with Crippen LogP contribution in [0.4, 0.5) is 10.1 Å². The van der Waals surface area contributed by atoms with Gasteiger partial charge in [-0.1, -0.05) is 11.6 Å². The standard InChI is InChI=1S/C10H13ClFNO/c1-7(14-2)6-13-10-4-3-8(11)5-9(10)12/h3-5,7,13H,6H2,1-2H3. The number of benzene rings is 1. The summed E-state index contributed by atoms with van der Waals surface area (Å²) in [5.74, 6) is -0.346. The molecule has 1 aromatic rings. The van der Waals surface area contributed by atoms with E-state index in [-0.39, 0.29) is 11.9 Å². The van der Waals surface area contributed by atoms with Crippen molar-refractivity contribution in [3.8, 4) is 0 Å². The van der Waals surface area contributed by atoms with Gasteiger partial charge >= 0.3 is 0 Å². The molecule has 0 saturated carbocycles. The maximum Gasteiger partial charge on any atom is 0.147 e. The Morgan fingerprint density at radius 2 is 2.29 bits per heavy atom. The number of hydrogen-bond acceptors (Lipinski definition) is 2. The zero-order valence-electron chi connectivity index (χ0n) is 8.18. The molecule has 0 radical (unpaired) electrons. The molecule has 0 saturated heterocycles. The van der Waals surface area contributed by atoms with Gasteiger partial charge in [0.1, 0.15) is 5.82 Å². The lowest BCUT2D eigenvalue weighted by atomic mass is 10.3. The first kappa shape index (κ1) is 11.3. The van der Waals surface area contributed by atoms with E-state index in [1.165, 1.54) is 6.07 Å². The molecule has 1 N–H and O–H groups in total. The molecule has 0 heterocycles. The fraction of sp³-hybridized carbons (Fsp3) is 0.400. The normalized spacial score (nSPS) is 12.6. The predicted octanol–water partition coefficient (Wildman–Crippen LogP) is 2.93. The van der Waals surface area contributed by atoms with Crippen molar-refractivity contribution in [2.75, 3.05) is 19.0 Å². The summed E-state index contributed by atoms with van der Waals surface area (Å²) in [4.78, 5) is 0. The third-order valence-corrected chi connectivity index (χ3v) is 2.15. The van der Waals surface area contributed by atoms with Crippen LogP contribution in [0.3, 0.4) is 0 Å². The highest BCUT2D eigenvalue weighted by Crippen LogP contribution is 2.18. The number of rotatable bonds is 4. The maximum atomic E-state index is 13.2. The molecule has 0 aliphatic heterocycles. The Hall–Kier alpha value is -0.800. The van der Waals surface area contributed by atoms with E-state index >= 15 is 0 Å². The van der Waals surface area contributed by atoms with Gasteiger partial charge in [-0.15, -0.1) is 0 Å². The molecule has 78 valence electrons. The third kappa shape index (κ3) is 3.16. The molecule has 0 aliphatic rings. The van der Waals surface area contributed by atoms with Crippen molar-refractivity contribution >= 4 is 17.3 Å². The molecule has 0 aromatic heterocycles. The second kappa shape index (κ2) is 5.17. The van der Waals surface area contributed by atoms with Gasteiger partial charge in [-0.25, -0.2) is 4.39 Å². The van der Waals surface area contributed by atoms with E-state index < -0.39 is 0 Å². The van der Waals surface area contributed by atoms with Crippen molar-refractivity contribution in [2.45, 2.75) is 13.0 Å². The first-order valence-electron chi connectivity index (χ1n) is 4.35. The molecular weight excluding hydrogens is 205 g/mol. The van der Waals surface area contributed by atoms with Crippen LogP contribution in [0.5, 0.6) is 0 Å².